The highest BCUT2D eigenvalue weighted by atomic mass is 16.6. The van der Waals surface area contributed by atoms with E-state index < -0.39 is 5.60 Å². The zero-order valence-corrected chi connectivity index (χ0v) is 12.7. The number of aromatic nitrogens is 1. The van der Waals surface area contributed by atoms with E-state index in [9.17, 15) is 4.79 Å². The highest BCUT2D eigenvalue weighted by molar-refractivity contribution is 5.67. The Labute approximate surface area is 115 Å². The number of hydrogen-bond donors (Lipinski definition) is 2. The second kappa shape index (κ2) is 5.99. The zero-order chi connectivity index (χ0) is 14.6. The molecule has 0 bridgehead atoms. The predicted molar refractivity (Wildman–Crippen MR) is 77.0 cm³/mol. The average molecular weight is 267 g/mol. The summed E-state index contributed by atoms with van der Waals surface area (Å²) < 4.78 is 7.20. The minimum atomic E-state index is -0.464. The van der Waals surface area contributed by atoms with Gasteiger partial charge in [-0.2, -0.15) is 0 Å². The molecular weight excluding hydrogens is 242 g/mol. The van der Waals surface area contributed by atoms with Gasteiger partial charge in [0, 0.05) is 17.9 Å². The lowest BCUT2D eigenvalue weighted by molar-refractivity contribution is 0.0526. The number of nitrogens with zero attached hydrogens (tertiary/aromatic N) is 1. The van der Waals surface area contributed by atoms with Crippen molar-refractivity contribution in [1.82, 2.24) is 9.99 Å². The van der Waals surface area contributed by atoms with Gasteiger partial charge >= 0.3 is 6.09 Å². The Kier molecular flexibility index (Phi) is 4.86. The Morgan fingerprint density at radius 2 is 1.84 bits per heavy atom. The molecular formula is C14H25N3O2. The van der Waals surface area contributed by atoms with E-state index >= 15 is 0 Å². The first-order chi connectivity index (χ1) is 8.69. The van der Waals surface area contributed by atoms with E-state index in [1.165, 1.54) is 0 Å². The number of nitrogens with one attached hydrogen (secondary N) is 2. The van der Waals surface area contributed by atoms with Gasteiger partial charge in [0.05, 0.1) is 6.04 Å². The lowest BCUT2D eigenvalue weighted by Gasteiger charge is -2.22. The molecule has 0 aliphatic heterocycles. The Morgan fingerprint density at radius 3 is 2.32 bits per heavy atom. The smallest absolute Gasteiger partial charge is 0.407 e. The van der Waals surface area contributed by atoms with Crippen LogP contribution >= 0.6 is 0 Å². The van der Waals surface area contributed by atoms with Crippen molar-refractivity contribution < 1.29 is 9.53 Å². The fraction of sp³-hybridized carbons (Fsp3) is 0.643. The number of aryl methyl sites for hydroxylation is 2. The van der Waals surface area contributed by atoms with Crippen LogP contribution in [0.1, 0.15) is 39.1 Å². The van der Waals surface area contributed by atoms with Crippen LogP contribution in [-0.4, -0.2) is 29.0 Å². The second-order valence-corrected chi connectivity index (χ2v) is 5.86. The fourth-order valence-electron chi connectivity index (χ4n) is 1.69. The van der Waals surface area contributed by atoms with E-state index in [1.807, 2.05) is 46.2 Å². The van der Waals surface area contributed by atoms with E-state index in [2.05, 4.69) is 22.9 Å². The molecule has 0 aliphatic carbocycles. The topological polar surface area (TPSA) is 55.3 Å². The fourth-order valence-corrected chi connectivity index (χ4v) is 1.69. The summed E-state index contributed by atoms with van der Waals surface area (Å²) in [6.45, 7) is 12.1. The van der Waals surface area contributed by atoms with Crippen LogP contribution in [0, 0.1) is 13.8 Å². The molecule has 1 amide bonds. The molecule has 1 heterocycles. The second-order valence-electron chi connectivity index (χ2n) is 5.86. The molecule has 1 unspecified atom stereocenters. The van der Waals surface area contributed by atoms with Gasteiger partial charge in [-0.1, -0.05) is 0 Å². The molecule has 0 saturated carbocycles. The molecule has 1 rings (SSSR count). The van der Waals surface area contributed by atoms with Crippen molar-refractivity contribution in [2.24, 2.45) is 0 Å². The van der Waals surface area contributed by atoms with E-state index in [4.69, 9.17) is 4.74 Å². The maximum Gasteiger partial charge on any atom is 0.407 e. The van der Waals surface area contributed by atoms with Crippen LogP contribution in [0.25, 0.3) is 0 Å². The number of carbonyl (C=O) groups excluding carboxylic acids is 1. The lowest BCUT2D eigenvalue weighted by atomic mass is 10.2. The summed E-state index contributed by atoms with van der Waals surface area (Å²) in [5.41, 5.74) is 5.14. The van der Waals surface area contributed by atoms with Crippen LogP contribution < -0.4 is 10.7 Å². The molecule has 19 heavy (non-hydrogen) atoms. The van der Waals surface area contributed by atoms with Crippen molar-refractivity contribution in [3.05, 3.63) is 23.5 Å². The molecule has 0 spiro atoms. The first-order valence-corrected chi connectivity index (χ1v) is 6.57. The Morgan fingerprint density at radius 1 is 1.32 bits per heavy atom. The van der Waals surface area contributed by atoms with Crippen LogP contribution in [0.3, 0.4) is 0 Å². The normalized spacial score (nSPS) is 12.9. The highest BCUT2D eigenvalue weighted by Gasteiger charge is 2.16. The van der Waals surface area contributed by atoms with Crippen LogP contribution in [0.2, 0.25) is 0 Å². The summed E-state index contributed by atoms with van der Waals surface area (Å²) in [6.07, 6.45) is -0.387. The molecule has 1 aromatic heterocycles. The Hall–Kier alpha value is -1.65. The quantitative estimate of drug-likeness (QED) is 0.881. The number of ether oxygens (including phenoxy) is 1. The van der Waals surface area contributed by atoms with Gasteiger partial charge in [-0.15, -0.1) is 0 Å². The average Bonchev–Trinajstić information content (AvgIpc) is 2.56. The Bertz CT molecular complexity index is 413. The summed E-state index contributed by atoms with van der Waals surface area (Å²) in [6, 6.07) is 4.21. The van der Waals surface area contributed by atoms with Gasteiger partial charge in [0.25, 0.3) is 0 Å². The van der Waals surface area contributed by atoms with Crippen molar-refractivity contribution in [1.29, 1.82) is 0 Å². The number of rotatable bonds is 4. The predicted octanol–water partition coefficient (Wildman–Crippen LogP) is 2.56. The molecule has 0 aliphatic rings. The van der Waals surface area contributed by atoms with E-state index in [0.29, 0.717) is 6.54 Å². The third-order valence-corrected chi connectivity index (χ3v) is 2.57. The number of alkyl carbamates (subject to hydrolysis) is 1. The SMILES string of the molecule is Cc1ccc(C)n1NC(C)CNC(=O)OC(C)(C)C. The van der Waals surface area contributed by atoms with E-state index in [1.54, 1.807) is 0 Å². The Balaban J connectivity index is 2.40. The van der Waals surface area contributed by atoms with Gasteiger partial charge in [-0.25, -0.2) is 4.79 Å². The largest absolute Gasteiger partial charge is 0.444 e. The molecule has 108 valence electrons. The van der Waals surface area contributed by atoms with Gasteiger partial charge in [0.1, 0.15) is 5.60 Å². The van der Waals surface area contributed by atoms with Gasteiger partial charge in [-0.3, -0.25) is 4.68 Å². The highest BCUT2D eigenvalue weighted by Crippen LogP contribution is 2.07. The lowest BCUT2D eigenvalue weighted by Crippen LogP contribution is -2.40. The van der Waals surface area contributed by atoms with Crippen LogP contribution in [0.5, 0.6) is 0 Å². The summed E-state index contributed by atoms with van der Waals surface area (Å²) >= 11 is 0. The molecule has 0 saturated heterocycles. The summed E-state index contributed by atoms with van der Waals surface area (Å²) in [4.78, 5) is 11.5. The first-order valence-electron chi connectivity index (χ1n) is 6.57. The minimum absolute atomic E-state index is 0.109. The van der Waals surface area contributed by atoms with Crippen LogP contribution in [0.15, 0.2) is 12.1 Å². The monoisotopic (exact) mass is 267 g/mol. The molecule has 5 nitrogen and oxygen atoms in total. The van der Waals surface area contributed by atoms with E-state index in [-0.39, 0.29) is 12.1 Å². The van der Waals surface area contributed by atoms with E-state index in [0.717, 1.165) is 11.4 Å². The van der Waals surface area contributed by atoms with Crippen molar-refractivity contribution in [2.75, 3.05) is 12.0 Å². The molecule has 0 fully saturated rings. The zero-order valence-electron chi connectivity index (χ0n) is 12.7. The number of hydrogen-bond acceptors (Lipinski definition) is 3. The minimum Gasteiger partial charge on any atom is -0.444 e. The first kappa shape index (κ1) is 15.4. The third kappa shape index (κ3) is 5.24. The summed E-state index contributed by atoms with van der Waals surface area (Å²) in [7, 11) is 0. The molecule has 1 aromatic rings. The standard InChI is InChI=1S/C14H25N3O2/c1-10(9-15-13(18)19-14(4,5)6)16-17-11(2)7-8-12(17)3/h7-8,10,16H,9H2,1-6H3,(H,15,18). The molecule has 0 radical (unpaired) electrons. The summed E-state index contributed by atoms with van der Waals surface area (Å²) in [5, 5.41) is 2.75. The van der Waals surface area contributed by atoms with Crippen molar-refractivity contribution in [3.63, 3.8) is 0 Å². The summed E-state index contributed by atoms with van der Waals surface area (Å²) in [5.74, 6) is 0. The van der Waals surface area contributed by atoms with Crippen molar-refractivity contribution in [2.45, 2.75) is 53.2 Å². The van der Waals surface area contributed by atoms with Gasteiger partial charge in [0.15, 0.2) is 0 Å². The maximum absolute atomic E-state index is 11.5. The van der Waals surface area contributed by atoms with Crippen LogP contribution in [-0.2, 0) is 4.74 Å². The molecule has 5 heteroatoms. The van der Waals surface area contributed by atoms with Gasteiger partial charge in [0.2, 0.25) is 0 Å². The number of amides is 1. The maximum atomic E-state index is 11.5. The van der Waals surface area contributed by atoms with Crippen LogP contribution in [0.4, 0.5) is 4.79 Å². The van der Waals surface area contributed by atoms with Crippen molar-refractivity contribution in [3.8, 4) is 0 Å². The van der Waals surface area contributed by atoms with Gasteiger partial charge < -0.3 is 15.5 Å². The number of carbonyl (C=O) groups is 1. The molecule has 1 atom stereocenters. The molecule has 0 aromatic carbocycles. The molecule has 2 N–H and O–H groups in total. The van der Waals surface area contributed by atoms with Gasteiger partial charge in [-0.05, 0) is 53.7 Å². The third-order valence-electron chi connectivity index (χ3n) is 2.57. The van der Waals surface area contributed by atoms with Crippen molar-refractivity contribution >= 4 is 6.09 Å².